The van der Waals surface area contributed by atoms with Gasteiger partial charge in [-0.2, -0.15) is 0 Å². The number of hydrogen-bond acceptors (Lipinski definition) is 8. The van der Waals surface area contributed by atoms with E-state index in [9.17, 15) is 0 Å². The molecule has 8 nitrogen and oxygen atoms in total. The van der Waals surface area contributed by atoms with Crippen molar-refractivity contribution in [3.05, 3.63) is 364 Å². The first-order chi connectivity index (χ1) is 55.5. The molecule has 0 saturated carbocycles. The number of nitrogens with zero attached hydrogens (tertiary/aromatic N) is 8. The first kappa shape index (κ1) is 63.7. The summed E-state index contributed by atoms with van der Waals surface area (Å²) in [6.07, 6.45) is 0. The molecule has 0 radical (unpaired) electrons. The minimum absolute atomic E-state index is 0.643. The van der Waals surface area contributed by atoms with Crippen LogP contribution in [0.2, 0.25) is 0 Å². The van der Waals surface area contributed by atoms with Crippen molar-refractivity contribution in [3.63, 3.8) is 0 Å². The zero-order valence-corrected chi connectivity index (χ0v) is 61.7. The quantitative estimate of drug-likeness (QED) is 0.128. The molecule has 8 aromatic heterocycles. The lowest BCUT2D eigenvalue weighted by Crippen LogP contribution is -1.98. The Bertz CT molecular complexity index is 7700. The van der Waals surface area contributed by atoms with E-state index >= 15 is 0 Å². The Kier molecular flexibility index (Phi) is 14.6. The van der Waals surface area contributed by atoms with Crippen molar-refractivity contribution in [1.29, 1.82) is 0 Å². The predicted octanol–water partition coefficient (Wildman–Crippen LogP) is 27.4. The highest BCUT2D eigenvalue weighted by Gasteiger charge is 2.22. The molecule has 15 aromatic carbocycles. The number of aromatic nitrogens is 8. The molecule has 520 valence electrons. The van der Waals surface area contributed by atoms with E-state index in [1.54, 1.807) is 22.7 Å². The molecule has 0 spiro atoms. The highest BCUT2D eigenvalue weighted by molar-refractivity contribution is 7.26. The van der Waals surface area contributed by atoms with E-state index in [0.717, 1.165) is 143 Å². The van der Waals surface area contributed by atoms with Gasteiger partial charge in [0.05, 0.1) is 56.2 Å². The third kappa shape index (κ3) is 10.5. The van der Waals surface area contributed by atoms with Crippen molar-refractivity contribution in [2.75, 3.05) is 0 Å². The van der Waals surface area contributed by atoms with Gasteiger partial charge < -0.3 is 9.13 Å². The maximum Gasteiger partial charge on any atom is 0.160 e. The van der Waals surface area contributed by atoms with Crippen LogP contribution in [-0.2, 0) is 0 Å². The Balaban J connectivity index is 0.575. The van der Waals surface area contributed by atoms with Crippen LogP contribution in [-0.4, -0.2) is 39.0 Å². The van der Waals surface area contributed by atoms with Gasteiger partial charge in [-0.3, -0.25) is 0 Å². The normalized spacial score (nSPS) is 11.9. The van der Waals surface area contributed by atoms with Gasteiger partial charge in [0.1, 0.15) is 9.66 Å². The molecule has 0 aliphatic rings. The van der Waals surface area contributed by atoms with Crippen LogP contribution < -0.4 is 0 Å². The maximum absolute atomic E-state index is 5.55. The molecule has 8 heterocycles. The summed E-state index contributed by atoms with van der Waals surface area (Å²) >= 11 is 3.50. The molecule has 0 unspecified atom stereocenters. The Morgan fingerprint density at radius 1 is 0.196 bits per heavy atom. The van der Waals surface area contributed by atoms with Crippen LogP contribution in [0.25, 0.3) is 229 Å². The van der Waals surface area contributed by atoms with Crippen LogP contribution in [0.15, 0.2) is 364 Å². The zero-order valence-electron chi connectivity index (χ0n) is 60.0. The van der Waals surface area contributed by atoms with Gasteiger partial charge in [0.25, 0.3) is 0 Å². The lowest BCUT2D eigenvalue weighted by atomic mass is 9.96. The molecule has 0 N–H and O–H groups in total. The monoisotopic (exact) mass is 1460 g/mol. The Hall–Kier alpha value is -14.4. The van der Waals surface area contributed by atoms with Gasteiger partial charge in [-0.15, -0.1) is 22.7 Å². The van der Waals surface area contributed by atoms with Crippen LogP contribution in [0.4, 0.5) is 0 Å². The number of hydrogen-bond donors (Lipinski definition) is 0. The van der Waals surface area contributed by atoms with E-state index < -0.39 is 0 Å². The molecule has 23 rings (SSSR count). The highest BCUT2D eigenvalue weighted by atomic mass is 32.1. The standard InChI is InChI=1S/C102H60N8S2/c1-2-19-61(20-3-1)85-59-86(63-49-52-73(53-50-63)109-89-32-13-8-23-75(89)76-24-9-14-33-90(76)109)104-99(103-85)66-43-41-65(42-44-66)98-82-30-7-5-28-80(82)96-84-58-70(51-54-94(84)112-102(96)108-98)68-45-46-69-56-71(48-47-67(69)55-68)88-60-87(105-100(106-88)72-21-18-22-74(57-72)110-91-34-15-10-25-77(91)78-26-11-16-35-92(78)110)62-37-39-64(40-38-62)97-81-29-6-4-27-79(81)95-83-31-12-17-36-93(83)111-101(95)107-97/h1-60H. The average molecular weight is 1460 g/mol. The SMILES string of the molecule is c1ccc(-c2cc(-c3ccc(-n4c5ccccc5c5ccccc54)cc3)nc(-c3ccc(-c4nc5sc6ccc(-c7ccc8cc(-c9cc(-c%10ccc(-c%11nc%12sc%13ccccc%13c%12c%12ccccc%11%12)cc%10)nc(-c%10cccc(-n%11c%12ccccc%12c%12ccccc%12%11)c%10)n9)ccc8c7)cc6c5c5ccccc45)cc3)n2)cc1. The fourth-order valence-corrected chi connectivity index (χ4v) is 19.2. The molecule has 0 aliphatic carbocycles. The minimum Gasteiger partial charge on any atom is -0.309 e. The first-order valence-corrected chi connectivity index (χ1v) is 39.3. The summed E-state index contributed by atoms with van der Waals surface area (Å²) in [7, 11) is 0. The molecule has 112 heavy (non-hydrogen) atoms. The van der Waals surface area contributed by atoms with Crippen molar-refractivity contribution in [3.8, 4) is 113 Å². The van der Waals surface area contributed by atoms with Gasteiger partial charge >= 0.3 is 0 Å². The first-order valence-electron chi connectivity index (χ1n) is 37.7. The molecular weight excluding hydrogens is 1400 g/mol. The molecule has 23 aromatic rings. The van der Waals surface area contributed by atoms with Gasteiger partial charge in [-0.05, 0) is 124 Å². The molecular formula is C102H60N8S2. The summed E-state index contributed by atoms with van der Waals surface area (Å²) < 4.78 is 7.13. The summed E-state index contributed by atoms with van der Waals surface area (Å²) in [6, 6.07) is 130. The van der Waals surface area contributed by atoms with E-state index in [-0.39, 0.29) is 0 Å². The van der Waals surface area contributed by atoms with Gasteiger partial charge in [-0.25, -0.2) is 29.9 Å². The zero-order chi connectivity index (χ0) is 73.5. The Morgan fingerprint density at radius 3 is 1.12 bits per heavy atom. The summed E-state index contributed by atoms with van der Waals surface area (Å²) in [4.78, 5) is 34.4. The van der Waals surface area contributed by atoms with Crippen molar-refractivity contribution in [1.82, 2.24) is 39.0 Å². The molecule has 0 aliphatic heterocycles. The lowest BCUT2D eigenvalue weighted by Gasteiger charge is -2.13. The molecule has 0 saturated heterocycles. The van der Waals surface area contributed by atoms with Crippen molar-refractivity contribution >= 4 is 139 Å². The molecule has 10 heteroatoms. The number of thiophene rings is 2. The largest absolute Gasteiger partial charge is 0.309 e. The molecule has 0 atom stereocenters. The molecule has 0 bridgehead atoms. The topological polar surface area (TPSA) is 87.2 Å². The second-order valence-electron chi connectivity index (χ2n) is 28.8. The van der Waals surface area contributed by atoms with Crippen LogP contribution in [0, 0.1) is 0 Å². The van der Waals surface area contributed by atoms with Crippen LogP contribution in [0.1, 0.15) is 0 Å². The lowest BCUT2D eigenvalue weighted by molar-refractivity contribution is 1.16. The third-order valence-electron chi connectivity index (χ3n) is 22.4. The Labute approximate surface area is 650 Å². The smallest absolute Gasteiger partial charge is 0.160 e. The van der Waals surface area contributed by atoms with Gasteiger partial charge in [0, 0.05) is 119 Å². The van der Waals surface area contributed by atoms with E-state index in [1.165, 1.54) is 74.3 Å². The number of rotatable bonds is 11. The van der Waals surface area contributed by atoms with Gasteiger partial charge in [-0.1, -0.05) is 273 Å². The highest BCUT2D eigenvalue weighted by Crippen LogP contribution is 2.46. The second kappa shape index (κ2) is 25.6. The van der Waals surface area contributed by atoms with Crippen LogP contribution in [0.5, 0.6) is 0 Å². The number of pyridine rings is 2. The molecule has 0 amide bonds. The summed E-state index contributed by atoms with van der Waals surface area (Å²) in [6.45, 7) is 0. The van der Waals surface area contributed by atoms with E-state index in [1.807, 2.05) is 6.07 Å². The Morgan fingerprint density at radius 2 is 0.562 bits per heavy atom. The number of benzene rings is 15. The third-order valence-corrected chi connectivity index (χ3v) is 24.5. The number of fused-ring (bicyclic) bond motifs is 17. The van der Waals surface area contributed by atoms with E-state index in [0.29, 0.717) is 11.6 Å². The minimum atomic E-state index is 0.643. The van der Waals surface area contributed by atoms with Gasteiger partial charge in [0.15, 0.2) is 11.6 Å². The summed E-state index contributed by atoms with van der Waals surface area (Å²) in [5.74, 6) is 1.30. The predicted molar refractivity (Wildman–Crippen MR) is 469 cm³/mol. The maximum atomic E-state index is 5.55. The fraction of sp³-hybridized carbons (Fsp3) is 0. The van der Waals surface area contributed by atoms with Crippen molar-refractivity contribution < 1.29 is 0 Å². The average Bonchev–Trinajstić information content (AvgIpc) is 1.56. The van der Waals surface area contributed by atoms with Gasteiger partial charge in [0.2, 0.25) is 0 Å². The van der Waals surface area contributed by atoms with Crippen LogP contribution in [0.3, 0.4) is 0 Å². The second-order valence-corrected chi connectivity index (χ2v) is 30.9. The molecule has 0 fully saturated rings. The summed E-state index contributed by atoms with van der Waals surface area (Å²) in [5, 5.41) is 16.6. The van der Waals surface area contributed by atoms with Crippen molar-refractivity contribution in [2.45, 2.75) is 0 Å². The van der Waals surface area contributed by atoms with Crippen LogP contribution >= 0.6 is 22.7 Å². The number of para-hydroxylation sites is 4. The van der Waals surface area contributed by atoms with E-state index in [2.05, 4.69) is 367 Å². The van der Waals surface area contributed by atoms with E-state index in [4.69, 9.17) is 29.9 Å². The van der Waals surface area contributed by atoms with Crippen molar-refractivity contribution in [2.24, 2.45) is 0 Å². The summed E-state index contributed by atoms with van der Waals surface area (Å²) in [5.41, 5.74) is 22.3. The fourth-order valence-electron chi connectivity index (χ4n) is 17.0.